The standard InChI is InChI=1S/C16H20ClN3O4/c1-9(2)24-16-14(13(17)15(21)19-20-16)18-8-10-5-6-11(22-3)12(7-10)23-4/h5-7,9H,8H2,1-4H3,(H2,18,19,21). The summed E-state index contributed by atoms with van der Waals surface area (Å²) in [5, 5.41) is 9.31. The van der Waals surface area contributed by atoms with Crippen molar-refractivity contribution in [1.29, 1.82) is 0 Å². The van der Waals surface area contributed by atoms with E-state index in [0.29, 0.717) is 23.7 Å². The van der Waals surface area contributed by atoms with Crippen molar-refractivity contribution in [2.45, 2.75) is 26.5 Å². The lowest BCUT2D eigenvalue weighted by Crippen LogP contribution is -2.17. The number of aromatic nitrogens is 2. The van der Waals surface area contributed by atoms with Gasteiger partial charge in [0.1, 0.15) is 10.7 Å². The molecule has 1 aromatic carbocycles. The minimum Gasteiger partial charge on any atom is -0.493 e. The highest BCUT2D eigenvalue weighted by Gasteiger charge is 2.15. The average Bonchev–Trinajstić information content (AvgIpc) is 2.57. The van der Waals surface area contributed by atoms with Crippen molar-refractivity contribution < 1.29 is 14.2 Å². The molecular weight excluding hydrogens is 334 g/mol. The number of hydrogen-bond donors (Lipinski definition) is 2. The van der Waals surface area contributed by atoms with Crippen LogP contribution in [0.25, 0.3) is 0 Å². The molecule has 0 atom stereocenters. The quantitative estimate of drug-likeness (QED) is 0.796. The molecular formula is C16H20ClN3O4. The monoisotopic (exact) mass is 353 g/mol. The molecule has 1 heterocycles. The minimum absolute atomic E-state index is 0.00104. The van der Waals surface area contributed by atoms with Gasteiger partial charge in [-0.15, -0.1) is 5.10 Å². The summed E-state index contributed by atoms with van der Waals surface area (Å²) < 4.78 is 16.1. The second-order valence-corrected chi connectivity index (χ2v) is 5.63. The largest absolute Gasteiger partial charge is 0.493 e. The van der Waals surface area contributed by atoms with Crippen molar-refractivity contribution in [1.82, 2.24) is 10.2 Å². The number of H-pyrrole nitrogens is 1. The number of anilines is 1. The molecule has 0 bridgehead atoms. The summed E-state index contributed by atoms with van der Waals surface area (Å²) in [5.41, 5.74) is 0.783. The van der Waals surface area contributed by atoms with E-state index in [2.05, 4.69) is 15.5 Å². The zero-order chi connectivity index (χ0) is 17.7. The van der Waals surface area contributed by atoms with Crippen LogP contribution in [0.5, 0.6) is 17.4 Å². The van der Waals surface area contributed by atoms with Gasteiger partial charge in [-0.3, -0.25) is 4.79 Å². The normalized spacial score (nSPS) is 10.6. The van der Waals surface area contributed by atoms with Gasteiger partial charge in [0.2, 0.25) is 0 Å². The van der Waals surface area contributed by atoms with Gasteiger partial charge >= 0.3 is 0 Å². The van der Waals surface area contributed by atoms with E-state index in [0.717, 1.165) is 5.56 Å². The Labute approximate surface area is 144 Å². The van der Waals surface area contributed by atoms with Gasteiger partial charge in [-0.25, -0.2) is 5.10 Å². The van der Waals surface area contributed by atoms with Gasteiger partial charge in [0, 0.05) is 6.54 Å². The molecule has 1 aromatic heterocycles. The molecule has 2 aromatic rings. The van der Waals surface area contributed by atoms with Crippen LogP contribution in [-0.4, -0.2) is 30.5 Å². The fourth-order valence-corrected chi connectivity index (χ4v) is 2.25. The highest BCUT2D eigenvalue weighted by molar-refractivity contribution is 6.33. The summed E-state index contributed by atoms with van der Waals surface area (Å²) >= 11 is 6.08. The van der Waals surface area contributed by atoms with Crippen LogP contribution in [0.1, 0.15) is 19.4 Å². The Kier molecular flexibility index (Phi) is 5.92. The number of methoxy groups -OCH3 is 2. The summed E-state index contributed by atoms with van der Waals surface area (Å²) in [6.07, 6.45) is -0.110. The third-order valence-corrected chi connectivity index (χ3v) is 3.52. The van der Waals surface area contributed by atoms with E-state index in [1.54, 1.807) is 20.3 Å². The molecule has 130 valence electrons. The zero-order valence-electron chi connectivity index (χ0n) is 14.0. The zero-order valence-corrected chi connectivity index (χ0v) is 14.7. The Morgan fingerprint density at radius 3 is 2.58 bits per heavy atom. The molecule has 0 aliphatic rings. The van der Waals surface area contributed by atoms with E-state index >= 15 is 0 Å². The van der Waals surface area contributed by atoms with Gasteiger partial charge in [-0.1, -0.05) is 17.7 Å². The van der Waals surface area contributed by atoms with Crippen molar-refractivity contribution in [3.8, 4) is 17.4 Å². The maximum absolute atomic E-state index is 11.7. The maximum atomic E-state index is 11.7. The molecule has 24 heavy (non-hydrogen) atoms. The van der Waals surface area contributed by atoms with Gasteiger partial charge in [-0.2, -0.15) is 0 Å². The van der Waals surface area contributed by atoms with Crippen LogP contribution >= 0.6 is 11.6 Å². The number of nitrogens with one attached hydrogen (secondary N) is 2. The maximum Gasteiger partial charge on any atom is 0.285 e. The van der Waals surface area contributed by atoms with E-state index < -0.39 is 5.56 Å². The third-order valence-electron chi connectivity index (χ3n) is 3.16. The number of nitrogens with zero attached hydrogens (tertiary/aromatic N) is 1. The van der Waals surface area contributed by atoms with E-state index in [-0.39, 0.29) is 17.0 Å². The first-order valence-corrected chi connectivity index (χ1v) is 7.73. The number of hydrogen-bond acceptors (Lipinski definition) is 6. The third kappa shape index (κ3) is 4.11. The molecule has 8 heteroatoms. The van der Waals surface area contributed by atoms with Crippen molar-refractivity contribution in [2.75, 3.05) is 19.5 Å². The van der Waals surface area contributed by atoms with Crippen LogP contribution in [0.3, 0.4) is 0 Å². The van der Waals surface area contributed by atoms with Crippen LogP contribution in [0, 0.1) is 0 Å². The van der Waals surface area contributed by atoms with Gasteiger partial charge in [-0.05, 0) is 31.5 Å². The predicted molar refractivity (Wildman–Crippen MR) is 92.5 cm³/mol. The first-order valence-electron chi connectivity index (χ1n) is 7.35. The molecule has 0 aliphatic carbocycles. The summed E-state index contributed by atoms with van der Waals surface area (Å²) in [6, 6.07) is 5.52. The molecule has 0 aliphatic heterocycles. The Balaban J connectivity index is 2.25. The summed E-state index contributed by atoms with van der Waals surface area (Å²) in [4.78, 5) is 11.7. The Hall–Kier alpha value is -2.41. The first kappa shape index (κ1) is 17.9. The summed E-state index contributed by atoms with van der Waals surface area (Å²) in [5.74, 6) is 1.50. The smallest absolute Gasteiger partial charge is 0.285 e. The van der Waals surface area contributed by atoms with Crippen molar-refractivity contribution in [3.05, 3.63) is 39.1 Å². The first-order chi connectivity index (χ1) is 11.5. The second-order valence-electron chi connectivity index (χ2n) is 5.26. The van der Waals surface area contributed by atoms with Crippen molar-refractivity contribution in [2.24, 2.45) is 0 Å². The minimum atomic E-state index is -0.484. The lowest BCUT2D eigenvalue weighted by atomic mass is 10.2. The molecule has 0 unspecified atom stereocenters. The summed E-state index contributed by atoms with van der Waals surface area (Å²) in [6.45, 7) is 4.12. The Morgan fingerprint density at radius 1 is 1.25 bits per heavy atom. The number of rotatable bonds is 7. The van der Waals surface area contributed by atoms with E-state index in [1.165, 1.54) is 0 Å². The van der Waals surface area contributed by atoms with E-state index in [4.69, 9.17) is 25.8 Å². The molecule has 2 rings (SSSR count). The number of halogens is 1. The number of ether oxygens (including phenoxy) is 3. The predicted octanol–water partition coefficient (Wildman–Crippen LogP) is 2.84. The lowest BCUT2D eigenvalue weighted by molar-refractivity contribution is 0.231. The van der Waals surface area contributed by atoms with Gasteiger partial charge < -0.3 is 19.5 Å². The molecule has 0 spiro atoms. The Bertz CT molecular complexity index is 761. The molecule has 0 radical (unpaired) electrons. The highest BCUT2D eigenvalue weighted by atomic mass is 35.5. The van der Waals surface area contributed by atoms with E-state index in [1.807, 2.05) is 26.0 Å². The fourth-order valence-electron chi connectivity index (χ4n) is 2.06. The van der Waals surface area contributed by atoms with Crippen LogP contribution in [0.2, 0.25) is 5.02 Å². The number of aromatic amines is 1. The average molecular weight is 354 g/mol. The fraction of sp³-hybridized carbons (Fsp3) is 0.375. The van der Waals surface area contributed by atoms with Crippen LogP contribution in [-0.2, 0) is 6.54 Å². The van der Waals surface area contributed by atoms with Crippen molar-refractivity contribution in [3.63, 3.8) is 0 Å². The van der Waals surface area contributed by atoms with Crippen LogP contribution in [0.15, 0.2) is 23.0 Å². The van der Waals surface area contributed by atoms with Gasteiger partial charge in [0.15, 0.2) is 11.5 Å². The second kappa shape index (κ2) is 7.92. The highest BCUT2D eigenvalue weighted by Crippen LogP contribution is 2.30. The Morgan fingerprint density at radius 2 is 1.96 bits per heavy atom. The topological polar surface area (TPSA) is 85.5 Å². The summed E-state index contributed by atoms with van der Waals surface area (Å²) in [7, 11) is 3.15. The molecule has 0 fully saturated rings. The molecule has 2 N–H and O–H groups in total. The van der Waals surface area contributed by atoms with Gasteiger partial charge in [0.05, 0.1) is 20.3 Å². The lowest BCUT2D eigenvalue weighted by Gasteiger charge is -2.15. The molecule has 7 nitrogen and oxygen atoms in total. The molecule has 0 saturated heterocycles. The molecule has 0 amide bonds. The molecule has 0 saturated carbocycles. The van der Waals surface area contributed by atoms with Crippen LogP contribution in [0.4, 0.5) is 5.69 Å². The van der Waals surface area contributed by atoms with Crippen LogP contribution < -0.4 is 25.1 Å². The SMILES string of the molecule is COc1ccc(CNc2c(OC(C)C)n[nH]c(=O)c2Cl)cc1OC. The van der Waals surface area contributed by atoms with Gasteiger partial charge in [0.25, 0.3) is 11.4 Å². The van der Waals surface area contributed by atoms with E-state index in [9.17, 15) is 4.79 Å². The van der Waals surface area contributed by atoms with Crippen molar-refractivity contribution >= 4 is 17.3 Å². The number of benzene rings is 1.